The van der Waals surface area contributed by atoms with E-state index in [1.165, 1.54) is 0 Å². The number of hydrogen-bond donors (Lipinski definition) is 1. The second-order valence-corrected chi connectivity index (χ2v) is 5.57. The fraction of sp³-hybridized carbons (Fsp3) is 0.636. The molecule has 0 fully saturated rings. The number of aromatic nitrogens is 1. The molecule has 0 radical (unpaired) electrons. The van der Waals surface area contributed by atoms with E-state index < -0.39 is 5.97 Å². The monoisotopic (exact) mass is 227 g/mol. The molecule has 1 N–H and O–H groups in total. The van der Waals surface area contributed by atoms with Gasteiger partial charge in [-0.2, -0.15) is 0 Å². The molecule has 4 heteroatoms. The molecule has 0 unspecified atom stereocenters. The molecule has 1 aromatic heterocycles. The maximum Gasteiger partial charge on any atom is 0.303 e. The van der Waals surface area contributed by atoms with Crippen molar-refractivity contribution in [1.29, 1.82) is 0 Å². The van der Waals surface area contributed by atoms with Gasteiger partial charge >= 0.3 is 5.97 Å². The van der Waals surface area contributed by atoms with Crippen LogP contribution >= 0.6 is 11.3 Å². The van der Waals surface area contributed by atoms with Crippen LogP contribution in [0.4, 0.5) is 0 Å². The third-order valence-corrected chi connectivity index (χ3v) is 3.01. The molecule has 0 spiro atoms. The van der Waals surface area contributed by atoms with Crippen molar-refractivity contribution >= 4 is 17.3 Å². The Labute approximate surface area is 94.2 Å². The van der Waals surface area contributed by atoms with Gasteiger partial charge in [0.1, 0.15) is 0 Å². The van der Waals surface area contributed by atoms with Gasteiger partial charge in [-0.05, 0) is 12.8 Å². The van der Waals surface area contributed by atoms with Crippen LogP contribution in [0, 0.1) is 0 Å². The SMILES string of the molecule is CC(C)(C)c1csc(CCCC(=O)O)n1. The quantitative estimate of drug-likeness (QED) is 0.860. The van der Waals surface area contributed by atoms with E-state index in [9.17, 15) is 4.79 Å². The Morgan fingerprint density at radius 3 is 2.67 bits per heavy atom. The Kier molecular flexibility index (Phi) is 3.85. The van der Waals surface area contributed by atoms with Crippen LogP contribution in [0.3, 0.4) is 0 Å². The minimum Gasteiger partial charge on any atom is -0.481 e. The number of carboxylic acids is 1. The normalized spacial score (nSPS) is 11.7. The van der Waals surface area contributed by atoms with Gasteiger partial charge in [0.15, 0.2) is 0 Å². The number of hydrogen-bond acceptors (Lipinski definition) is 3. The molecule has 0 aliphatic rings. The zero-order chi connectivity index (χ0) is 11.5. The van der Waals surface area contributed by atoms with E-state index >= 15 is 0 Å². The van der Waals surface area contributed by atoms with Crippen LogP contribution in [-0.4, -0.2) is 16.1 Å². The molecule has 0 amide bonds. The summed E-state index contributed by atoms with van der Waals surface area (Å²) >= 11 is 1.62. The Bertz CT molecular complexity index is 339. The summed E-state index contributed by atoms with van der Waals surface area (Å²) in [4.78, 5) is 14.8. The molecule has 1 rings (SSSR count). The summed E-state index contributed by atoms with van der Waals surface area (Å²) in [5.41, 5.74) is 1.18. The number of carbonyl (C=O) groups is 1. The second-order valence-electron chi connectivity index (χ2n) is 4.62. The highest BCUT2D eigenvalue weighted by atomic mass is 32.1. The largest absolute Gasteiger partial charge is 0.481 e. The fourth-order valence-corrected chi connectivity index (χ4v) is 2.23. The zero-order valence-corrected chi connectivity index (χ0v) is 10.2. The van der Waals surface area contributed by atoms with Crippen molar-refractivity contribution in [1.82, 2.24) is 4.98 Å². The van der Waals surface area contributed by atoms with Crippen LogP contribution in [0.25, 0.3) is 0 Å². The molecular weight excluding hydrogens is 210 g/mol. The Morgan fingerprint density at radius 1 is 1.53 bits per heavy atom. The summed E-state index contributed by atoms with van der Waals surface area (Å²) in [6, 6.07) is 0. The van der Waals surface area contributed by atoms with E-state index in [1.807, 2.05) is 0 Å². The van der Waals surface area contributed by atoms with Crippen molar-refractivity contribution in [3.05, 3.63) is 16.1 Å². The lowest BCUT2D eigenvalue weighted by Crippen LogP contribution is -2.11. The van der Waals surface area contributed by atoms with Gasteiger partial charge in [0.25, 0.3) is 0 Å². The molecule has 84 valence electrons. The lowest BCUT2D eigenvalue weighted by atomic mass is 9.93. The summed E-state index contributed by atoms with van der Waals surface area (Å²) < 4.78 is 0. The van der Waals surface area contributed by atoms with Gasteiger partial charge in [-0.3, -0.25) is 4.79 Å². The van der Waals surface area contributed by atoms with Crippen molar-refractivity contribution < 1.29 is 9.90 Å². The van der Waals surface area contributed by atoms with Gasteiger partial charge in [-0.1, -0.05) is 20.8 Å². The molecule has 0 bridgehead atoms. The average Bonchev–Trinajstić information content (AvgIpc) is 2.51. The summed E-state index contributed by atoms with van der Waals surface area (Å²) in [6.45, 7) is 6.38. The number of nitrogens with zero attached hydrogens (tertiary/aromatic N) is 1. The number of rotatable bonds is 4. The predicted molar refractivity (Wildman–Crippen MR) is 61.4 cm³/mol. The van der Waals surface area contributed by atoms with E-state index in [1.54, 1.807) is 11.3 Å². The summed E-state index contributed by atoms with van der Waals surface area (Å²) in [7, 11) is 0. The Balaban J connectivity index is 2.50. The highest BCUT2D eigenvalue weighted by Crippen LogP contribution is 2.24. The highest BCUT2D eigenvalue weighted by Gasteiger charge is 2.17. The number of aliphatic carboxylic acids is 1. The molecule has 0 saturated heterocycles. The van der Waals surface area contributed by atoms with Gasteiger partial charge in [-0.15, -0.1) is 11.3 Å². The van der Waals surface area contributed by atoms with Gasteiger partial charge in [0.2, 0.25) is 0 Å². The maximum atomic E-state index is 10.3. The van der Waals surface area contributed by atoms with Gasteiger partial charge in [-0.25, -0.2) is 4.98 Å². The van der Waals surface area contributed by atoms with E-state index in [4.69, 9.17) is 5.11 Å². The molecule has 0 aromatic carbocycles. The topological polar surface area (TPSA) is 50.2 Å². The van der Waals surface area contributed by atoms with Crippen LogP contribution in [0.2, 0.25) is 0 Å². The van der Waals surface area contributed by atoms with Crippen LogP contribution in [0.1, 0.15) is 44.3 Å². The molecule has 0 aliphatic carbocycles. The van der Waals surface area contributed by atoms with Gasteiger partial charge < -0.3 is 5.11 Å². The maximum absolute atomic E-state index is 10.3. The minimum atomic E-state index is -0.734. The summed E-state index contributed by atoms with van der Waals surface area (Å²) in [5.74, 6) is -0.734. The fourth-order valence-electron chi connectivity index (χ4n) is 1.16. The highest BCUT2D eigenvalue weighted by molar-refractivity contribution is 7.09. The standard InChI is InChI=1S/C11H17NO2S/c1-11(2,3)8-7-15-9(12-8)5-4-6-10(13)14/h7H,4-6H2,1-3H3,(H,13,14). The van der Waals surface area contributed by atoms with Crippen LogP contribution < -0.4 is 0 Å². The third-order valence-electron chi connectivity index (χ3n) is 2.10. The Hall–Kier alpha value is -0.900. The smallest absolute Gasteiger partial charge is 0.303 e. The summed E-state index contributed by atoms with van der Waals surface area (Å²) in [5, 5.41) is 11.6. The summed E-state index contributed by atoms with van der Waals surface area (Å²) in [6.07, 6.45) is 1.67. The van der Waals surface area contributed by atoms with Gasteiger partial charge in [0, 0.05) is 17.2 Å². The first-order valence-electron chi connectivity index (χ1n) is 5.06. The molecule has 1 aromatic rings. The van der Waals surface area contributed by atoms with Crippen molar-refractivity contribution in [2.75, 3.05) is 0 Å². The first kappa shape index (κ1) is 12.2. The molecule has 0 atom stereocenters. The molecule has 3 nitrogen and oxygen atoms in total. The molecule has 0 saturated carbocycles. The van der Waals surface area contributed by atoms with E-state index in [0.29, 0.717) is 6.42 Å². The van der Waals surface area contributed by atoms with Crippen LogP contribution in [-0.2, 0) is 16.6 Å². The lowest BCUT2D eigenvalue weighted by molar-refractivity contribution is -0.137. The predicted octanol–water partition coefficient (Wildman–Crippen LogP) is 2.85. The van der Waals surface area contributed by atoms with E-state index in [0.717, 1.165) is 17.1 Å². The van der Waals surface area contributed by atoms with E-state index in [-0.39, 0.29) is 11.8 Å². The molecule has 15 heavy (non-hydrogen) atoms. The van der Waals surface area contributed by atoms with Crippen molar-refractivity contribution in [3.8, 4) is 0 Å². The first-order valence-corrected chi connectivity index (χ1v) is 5.94. The zero-order valence-electron chi connectivity index (χ0n) is 9.41. The van der Waals surface area contributed by atoms with Crippen molar-refractivity contribution in [2.24, 2.45) is 0 Å². The first-order chi connectivity index (χ1) is 6.89. The van der Waals surface area contributed by atoms with Crippen LogP contribution in [0.5, 0.6) is 0 Å². The van der Waals surface area contributed by atoms with E-state index in [2.05, 4.69) is 31.1 Å². The lowest BCUT2D eigenvalue weighted by Gasteiger charge is -2.14. The second kappa shape index (κ2) is 4.75. The molecule has 1 heterocycles. The van der Waals surface area contributed by atoms with Crippen molar-refractivity contribution in [2.45, 2.75) is 45.4 Å². The third kappa shape index (κ3) is 4.00. The van der Waals surface area contributed by atoms with Gasteiger partial charge in [0.05, 0.1) is 10.7 Å². The molecular formula is C11H17NO2S. The Morgan fingerprint density at radius 2 is 2.20 bits per heavy atom. The average molecular weight is 227 g/mol. The minimum absolute atomic E-state index is 0.0849. The number of aryl methyl sites for hydroxylation is 1. The number of carboxylic acid groups (broad SMARTS) is 1. The number of thiazole rings is 1. The molecule has 0 aliphatic heterocycles. The van der Waals surface area contributed by atoms with Crippen LogP contribution in [0.15, 0.2) is 5.38 Å². The van der Waals surface area contributed by atoms with Crippen molar-refractivity contribution in [3.63, 3.8) is 0 Å².